The molecular weight excluding hydrogens is 366 g/mol. The molecule has 0 radical (unpaired) electrons. The minimum absolute atomic E-state index is 0.00367. The number of hydrogen-bond donors (Lipinski definition) is 1. The largest absolute Gasteiger partial charge is 0.398 e. The van der Waals surface area contributed by atoms with E-state index in [1.54, 1.807) is 12.3 Å². The topological polar surface area (TPSA) is 106 Å². The molecule has 8 nitrogen and oxygen atoms in total. The molecule has 0 aromatic carbocycles. The fourth-order valence-electron chi connectivity index (χ4n) is 4.08. The van der Waals surface area contributed by atoms with Crippen molar-refractivity contribution in [2.45, 2.75) is 18.4 Å². The van der Waals surface area contributed by atoms with Gasteiger partial charge in [0.2, 0.25) is 0 Å². The van der Waals surface area contributed by atoms with Crippen LogP contribution >= 0.6 is 0 Å². The van der Waals surface area contributed by atoms with Crippen molar-refractivity contribution in [3.05, 3.63) is 42.2 Å². The maximum atomic E-state index is 9.68. The number of pyridine rings is 2. The highest BCUT2D eigenvalue weighted by molar-refractivity contribution is 5.76. The average Bonchev–Trinajstić information content (AvgIpc) is 3.34. The summed E-state index contributed by atoms with van der Waals surface area (Å²) >= 11 is 0. The molecule has 5 heterocycles. The fraction of sp³-hybridized carbons (Fsp3) is 0.333. The summed E-state index contributed by atoms with van der Waals surface area (Å²) in [7, 11) is 1.89. The zero-order valence-electron chi connectivity index (χ0n) is 16.2. The van der Waals surface area contributed by atoms with Crippen molar-refractivity contribution in [2.75, 3.05) is 30.3 Å². The van der Waals surface area contributed by atoms with Crippen molar-refractivity contribution in [3.8, 4) is 29.0 Å². The molecule has 2 N–H and O–H groups in total. The summed E-state index contributed by atoms with van der Waals surface area (Å²) in [6.07, 6.45) is 5.67. The third kappa shape index (κ3) is 2.91. The Morgan fingerprint density at radius 1 is 1.24 bits per heavy atom. The zero-order valence-corrected chi connectivity index (χ0v) is 16.2. The molecule has 8 heteroatoms. The summed E-state index contributed by atoms with van der Waals surface area (Å²) in [5.74, 6) is 1.55. The number of ether oxygens (including phenoxy) is 1. The minimum atomic E-state index is -0.00367. The number of nitrogens with zero attached hydrogens (tertiary/aromatic N) is 6. The second-order valence-corrected chi connectivity index (χ2v) is 7.63. The molecule has 1 unspecified atom stereocenters. The second kappa shape index (κ2) is 6.57. The third-order valence-electron chi connectivity index (χ3n) is 5.80. The van der Waals surface area contributed by atoms with Gasteiger partial charge in [0.1, 0.15) is 28.8 Å². The Bertz CT molecular complexity index is 1130. The summed E-state index contributed by atoms with van der Waals surface area (Å²) in [5, 5.41) is 9.68. The van der Waals surface area contributed by atoms with Gasteiger partial charge in [0, 0.05) is 39.0 Å². The zero-order chi connectivity index (χ0) is 20.0. The summed E-state index contributed by atoms with van der Waals surface area (Å²) in [6.45, 7) is 2.60. The van der Waals surface area contributed by atoms with Crippen LogP contribution in [0.4, 0.5) is 11.5 Å². The first kappa shape index (κ1) is 17.6. The van der Waals surface area contributed by atoms with Gasteiger partial charge in [0.05, 0.1) is 23.6 Å². The SMILES string of the molecule is Cn1ccnc1-c1cc(N)c(C#N)c(-c2cccc(N3CCC4(CCO4)C3)n2)n1. The van der Waals surface area contributed by atoms with Crippen molar-refractivity contribution >= 4 is 11.5 Å². The Hall–Kier alpha value is -3.44. The van der Waals surface area contributed by atoms with Crippen LogP contribution in [0.3, 0.4) is 0 Å². The molecule has 2 saturated heterocycles. The fourth-order valence-corrected chi connectivity index (χ4v) is 4.08. The Balaban J connectivity index is 1.56. The maximum absolute atomic E-state index is 9.68. The van der Waals surface area contributed by atoms with Gasteiger partial charge in [-0.2, -0.15) is 5.26 Å². The van der Waals surface area contributed by atoms with E-state index in [2.05, 4.69) is 16.0 Å². The van der Waals surface area contributed by atoms with Crippen molar-refractivity contribution in [1.82, 2.24) is 19.5 Å². The highest BCUT2D eigenvalue weighted by atomic mass is 16.5. The van der Waals surface area contributed by atoms with E-state index >= 15 is 0 Å². The number of nitriles is 1. The van der Waals surface area contributed by atoms with E-state index in [0.717, 1.165) is 38.4 Å². The lowest BCUT2D eigenvalue weighted by Crippen LogP contribution is -2.46. The van der Waals surface area contributed by atoms with E-state index in [-0.39, 0.29) is 5.60 Å². The maximum Gasteiger partial charge on any atom is 0.158 e. The van der Waals surface area contributed by atoms with Crippen molar-refractivity contribution < 1.29 is 4.74 Å². The summed E-state index contributed by atoms with van der Waals surface area (Å²) in [6, 6.07) is 9.66. The van der Waals surface area contributed by atoms with Gasteiger partial charge in [-0.3, -0.25) is 0 Å². The molecule has 5 rings (SSSR count). The lowest BCUT2D eigenvalue weighted by molar-refractivity contribution is -0.130. The molecule has 2 aliphatic rings. The number of aryl methyl sites for hydroxylation is 1. The number of anilines is 2. The van der Waals surface area contributed by atoms with Crippen LogP contribution in [0.2, 0.25) is 0 Å². The Morgan fingerprint density at radius 3 is 2.76 bits per heavy atom. The molecular formula is C21H21N7O. The highest BCUT2D eigenvalue weighted by Crippen LogP contribution is 2.38. The van der Waals surface area contributed by atoms with Gasteiger partial charge in [-0.05, 0) is 24.6 Å². The molecule has 0 saturated carbocycles. The number of hydrogen-bond acceptors (Lipinski definition) is 7. The van der Waals surface area contributed by atoms with Gasteiger partial charge in [-0.1, -0.05) is 6.07 Å². The molecule has 1 atom stereocenters. The molecule has 3 aromatic heterocycles. The Morgan fingerprint density at radius 2 is 2.10 bits per heavy atom. The Kier molecular flexibility index (Phi) is 4.00. The number of rotatable bonds is 3. The van der Waals surface area contributed by atoms with Crippen LogP contribution in [0.15, 0.2) is 36.7 Å². The van der Waals surface area contributed by atoms with Crippen LogP contribution in [0.25, 0.3) is 22.9 Å². The minimum Gasteiger partial charge on any atom is -0.398 e. The van der Waals surface area contributed by atoms with Crippen molar-refractivity contribution in [1.29, 1.82) is 5.26 Å². The van der Waals surface area contributed by atoms with E-state index in [4.69, 9.17) is 20.4 Å². The van der Waals surface area contributed by atoms with Crippen LogP contribution in [-0.4, -0.2) is 44.8 Å². The Labute approximate surface area is 168 Å². The first-order chi connectivity index (χ1) is 14.1. The molecule has 2 fully saturated rings. The first-order valence-electron chi connectivity index (χ1n) is 9.63. The smallest absolute Gasteiger partial charge is 0.158 e. The van der Waals surface area contributed by atoms with Crippen LogP contribution in [-0.2, 0) is 11.8 Å². The molecule has 146 valence electrons. The molecule has 2 aliphatic heterocycles. The standard InChI is InChI=1S/C21H21N7O/c1-27-9-7-24-20(27)17-11-15(23)14(12-22)19(26-17)16-3-2-4-18(25-16)28-8-5-21(13-28)6-10-29-21/h2-4,7,9,11H,5-6,8,10,13H2,1H3,(H2,23,26). The van der Waals surface area contributed by atoms with Gasteiger partial charge in [0.25, 0.3) is 0 Å². The highest BCUT2D eigenvalue weighted by Gasteiger charge is 2.44. The van der Waals surface area contributed by atoms with Gasteiger partial charge in [-0.15, -0.1) is 0 Å². The predicted octanol–water partition coefficient (Wildman–Crippen LogP) is 2.37. The molecule has 0 bridgehead atoms. The van der Waals surface area contributed by atoms with Gasteiger partial charge < -0.3 is 19.9 Å². The van der Waals surface area contributed by atoms with Crippen LogP contribution in [0.1, 0.15) is 18.4 Å². The third-order valence-corrected chi connectivity index (χ3v) is 5.80. The van der Waals surface area contributed by atoms with E-state index < -0.39 is 0 Å². The molecule has 3 aromatic rings. The first-order valence-corrected chi connectivity index (χ1v) is 9.63. The van der Waals surface area contributed by atoms with Crippen LogP contribution in [0, 0.1) is 11.3 Å². The van der Waals surface area contributed by atoms with Crippen LogP contribution in [0.5, 0.6) is 0 Å². The molecule has 1 spiro atoms. The molecule has 0 aliphatic carbocycles. The van der Waals surface area contributed by atoms with E-state index in [9.17, 15) is 5.26 Å². The number of imidazole rings is 1. The summed E-state index contributed by atoms with van der Waals surface area (Å²) in [5.41, 5.74) is 8.59. The van der Waals surface area contributed by atoms with Crippen LogP contribution < -0.4 is 10.6 Å². The summed E-state index contributed by atoms with van der Waals surface area (Å²) < 4.78 is 7.68. The van der Waals surface area contributed by atoms with E-state index in [0.29, 0.717) is 34.2 Å². The van der Waals surface area contributed by atoms with E-state index in [1.165, 1.54) is 0 Å². The second-order valence-electron chi connectivity index (χ2n) is 7.63. The number of nitrogens with two attached hydrogens (primary N) is 1. The number of nitrogen functional groups attached to an aromatic ring is 1. The molecule has 0 amide bonds. The van der Waals surface area contributed by atoms with Gasteiger partial charge >= 0.3 is 0 Å². The number of aromatic nitrogens is 4. The monoisotopic (exact) mass is 387 g/mol. The van der Waals surface area contributed by atoms with E-state index in [1.807, 2.05) is 36.0 Å². The summed E-state index contributed by atoms with van der Waals surface area (Å²) in [4.78, 5) is 16.1. The predicted molar refractivity (Wildman–Crippen MR) is 109 cm³/mol. The van der Waals surface area contributed by atoms with Crippen molar-refractivity contribution in [3.63, 3.8) is 0 Å². The molecule has 29 heavy (non-hydrogen) atoms. The quantitative estimate of drug-likeness (QED) is 0.735. The van der Waals surface area contributed by atoms with Gasteiger partial charge in [-0.25, -0.2) is 15.0 Å². The average molecular weight is 387 g/mol. The van der Waals surface area contributed by atoms with Crippen molar-refractivity contribution in [2.24, 2.45) is 7.05 Å². The lowest BCUT2D eigenvalue weighted by atomic mass is 9.94. The lowest BCUT2D eigenvalue weighted by Gasteiger charge is -2.38. The normalized spacial score (nSPS) is 20.6. The van der Waals surface area contributed by atoms with Gasteiger partial charge in [0.15, 0.2) is 5.82 Å².